The van der Waals surface area contributed by atoms with Gasteiger partial charge >= 0.3 is 0 Å². The van der Waals surface area contributed by atoms with Gasteiger partial charge in [0.25, 0.3) is 0 Å². The van der Waals surface area contributed by atoms with E-state index in [1.165, 1.54) is 40.5 Å². The molecular weight excluding hydrogens is 464 g/mol. The molecule has 2 aliphatic rings. The standard InChI is InChI=1S/C31H36N2O2S/c1-22(34)25-9-8-24-15-18-33(19-16-26(24)20-25)17-14-23-6-11-28(12-7-23)32-31(35)13-10-27-21-36-30-5-3-2-4-29(27)30/h2-5,8-10,13,20-21,23,28H,6-7,11-12,14-19H2,1H3,(H,32,35)/b13-10+. The molecule has 188 valence electrons. The first-order valence-corrected chi connectivity index (χ1v) is 14.2. The third kappa shape index (κ3) is 6.13. The average Bonchev–Trinajstić information content (AvgIpc) is 3.19. The van der Waals surface area contributed by atoms with E-state index in [9.17, 15) is 9.59 Å². The number of nitrogens with zero attached hydrogens (tertiary/aromatic N) is 1. The second-order valence-corrected chi connectivity index (χ2v) is 11.3. The van der Waals surface area contributed by atoms with Gasteiger partial charge in [-0.3, -0.25) is 9.59 Å². The Balaban J connectivity index is 1.04. The Morgan fingerprint density at radius 3 is 2.61 bits per heavy atom. The van der Waals surface area contributed by atoms with E-state index in [0.717, 1.165) is 62.4 Å². The molecule has 5 heteroatoms. The Hall–Kier alpha value is -2.76. The number of ketones is 1. The first kappa shape index (κ1) is 24.9. The van der Waals surface area contributed by atoms with Crippen LogP contribution in [0.3, 0.4) is 0 Å². The number of carbonyl (C=O) groups excluding carboxylic acids is 2. The van der Waals surface area contributed by atoms with Crippen molar-refractivity contribution >= 4 is 39.2 Å². The van der Waals surface area contributed by atoms with Crippen molar-refractivity contribution < 1.29 is 9.59 Å². The lowest BCUT2D eigenvalue weighted by Gasteiger charge is -2.30. The highest BCUT2D eigenvalue weighted by atomic mass is 32.1. The lowest BCUT2D eigenvalue weighted by atomic mass is 9.84. The summed E-state index contributed by atoms with van der Waals surface area (Å²) in [6.07, 6.45) is 11.5. The van der Waals surface area contributed by atoms with Gasteiger partial charge in [0.1, 0.15) is 0 Å². The largest absolute Gasteiger partial charge is 0.350 e. The minimum atomic E-state index is 0.0193. The van der Waals surface area contributed by atoms with Crippen molar-refractivity contribution in [3.63, 3.8) is 0 Å². The molecular formula is C31H36N2O2S. The second-order valence-electron chi connectivity index (χ2n) is 10.4. The number of rotatable bonds is 7. The van der Waals surface area contributed by atoms with Crippen LogP contribution in [0.15, 0.2) is 53.9 Å². The molecule has 0 bridgehead atoms. The van der Waals surface area contributed by atoms with Crippen LogP contribution in [0.4, 0.5) is 0 Å². The monoisotopic (exact) mass is 500 g/mol. The van der Waals surface area contributed by atoms with E-state index in [-0.39, 0.29) is 11.7 Å². The molecule has 36 heavy (non-hydrogen) atoms. The summed E-state index contributed by atoms with van der Waals surface area (Å²) in [5.74, 6) is 0.921. The van der Waals surface area contributed by atoms with Gasteiger partial charge < -0.3 is 10.2 Å². The predicted molar refractivity (Wildman–Crippen MR) is 150 cm³/mol. The first-order valence-electron chi connectivity index (χ1n) is 13.3. The van der Waals surface area contributed by atoms with Crippen molar-refractivity contribution in [3.8, 4) is 0 Å². The molecule has 1 aromatic heterocycles. The number of benzene rings is 2. The van der Waals surface area contributed by atoms with E-state index < -0.39 is 0 Å². The highest BCUT2D eigenvalue weighted by Crippen LogP contribution is 2.29. The van der Waals surface area contributed by atoms with Gasteiger partial charge in [-0.15, -0.1) is 11.3 Å². The molecule has 0 saturated heterocycles. The van der Waals surface area contributed by atoms with E-state index in [1.807, 2.05) is 24.3 Å². The maximum atomic E-state index is 12.5. The lowest BCUT2D eigenvalue weighted by Crippen LogP contribution is -2.37. The first-order chi connectivity index (χ1) is 17.5. The number of carbonyl (C=O) groups is 2. The molecule has 5 rings (SSSR count). The maximum absolute atomic E-state index is 12.5. The highest BCUT2D eigenvalue weighted by Gasteiger charge is 2.23. The number of hydrogen-bond acceptors (Lipinski definition) is 4. The summed E-state index contributed by atoms with van der Waals surface area (Å²) in [4.78, 5) is 26.8. The number of amides is 1. The molecule has 1 aliphatic heterocycles. The molecule has 0 radical (unpaired) electrons. The Kier molecular flexibility index (Phi) is 7.98. The van der Waals surface area contributed by atoms with Gasteiger partial charge in [0, 0.05) is 35.5 Å². The molecule has 4 nitrogen and oxygen atoms in total. The maximum Gasteiger partial charge on any atom is 0.244 e. The molecule has 1 saturated carbocycles. The van der Waals surface area contributed by atoms with Crippen LogP contribution in [0.1, 0.15) is 66.1 Å². The summed E-state index contributed by atoms with van der Waals surface area (Å²) >= 11 is 1.72. The summed E-state index contributed by atoms with van der Waals surface area (Å²) < 4.78 is 1.25. The van der Waals surface area contributed by atoms with Crippen LogP contribution in [0, 0.1) is 5.92 Å². The van der Waals surface area contributed by atoms with Gasteiger partial charge in [-0.05, 0) is 110 Å². The number of thiophene rings is 1. The summed E-state index contributed by atoms with van der Waals surface area (Å²) in [6.45, 7) is 4.97. The number of nitrogens with one attached hydrogen (secondary N) is 1. The summed E-state index contributed by atoms with van der Waals surface area (Å²) in [5, 5.41) is 6.56. The fourth-order valence-corrected chi connectivity index (χ4v) is 6.65. The molecule has 2 aromatic carbocycles. The van der Waals surface area contributed by atoms with E-state index in [2.05, 4.69) is 39.9 Å². The van der Waals surface area contributed by atoms with Gasteiger partial charge in [0.15, 0.2) is 5.78 Å². The zero-order valence-electron chi connectivity index (χ0n) is 21.2. The van der Waals surface area contributed by atoms with E-state index in [1.54, 1.807) is 24.3 Å². The van der Waals surface area contributed by atoms with Crippen molar-refractivity contribution in [2.75, 3.05) is 19.6 Å². The molecule has 3 aromatic rings. The minimum absolute atomic E-state index is 0.0193. The number of Topliss-reactive ketones (excluding diaryl/α,β-unsaturated/α-hetero) is 1. The third-order valence-electron chi connectivity index (χ3n) is 7.98. The van der Waals surface area contributed by atoms with Crippen LogP contribution in [-0.4, -0.2) is 42.3 Å². The molecule has 0 spiro atoms. The zero-order valence-corrected chi connectivity index (χ0v) is 22.0. The van der Waals surface area contributed by atoms with Gasteiger partial charge in [0.2, 0.25) is 5.91 Å². The number of fused-ring (bicyclic) bond motifs is 2. The highest BCUT2D eigenvalue weighted by molar-refractivity contribution is 7.17. The summed E-state index contributed by atoms with van der Waals surface area (Å²) in [6, 6.07) is 14.9. The quantitative estimate of drug-likeness (QED) is 0.307. The predicted octanol–water partition coefficient (Wildman–Crippen LogP) is 6.28. The van der Waals surface area contributed by atoms with Crippen LogP contribution in [0.2, 0.25) is 0 Å². The molecule has 1 fully saturated rings. The van der Waals surface area contributed by atoms with Crippen LogP contribution in [-0.2, 0) is 17.6 Å². The van der Waals surface area contributed by atoms with E-state index in [0.29, 0.717) is 6.04 Å². The van der Waals surface area contributed by atoms with Crippen LogP contribution in [0.5, 0.6) is 0 Å². The fourth-order valence-electron chi connectivity index (χ4n) is 5.72. The average molecular weight is 501 g/mol. The van der Waals surface area contributed by atoms with Gasteiger partial charge in [-0.1, -0.05) is 30.3 Å². The lowest BCUT2D eigenvalue weighted by molar-refractivity contribution is -0.117. The van der Waals surface area contributed by atoms with Crippen LogP contribution >= 0.6 is 11.3 Å². The minimum Gasteiger partial charge on any atom is -0.350 e. The Morgan fingerprint density at radius 1 is 1.03 bits per heavy atom. The molecule has 1 aliphatic carbocycles. The Bertz CT molecular complexity index is 1250. The third-order valence-corrected chi connectivity index (χ3v) is 8.96. The molecule has 1 N–H and O–H groups in total. The topological polar surface area (TPSA) is 49.4 Å². The Labute approximate surface area is 218 Å². The van der Waals surface area contributed by atoms with Gasteiger partial charge in [0.05, 0.1) is 0 Å². The summed E-state index contributed by atoms with van der Waals surface area (Å²) in [5.41, 5.74) is 4.70. The molecule has 0 atom stereocenters. The van der Waals surface area contributed by atoms with Crippen LogP contribution < -0.4 is 5.32 Å². The van der Waals surface area contributed by atoms with Crippen molar-refractivity contribution in [3.05, 3.63) is 76.2 Å². The molecule has 2 heterocycles. The fraction of sp³-hybridized carbons (Fsp3) is 0.419. The summed E-state index contributed by atoms with van der Waals surface area (Å²) in [7, 11) is 0. The SMILES string of the molecule is CC(=O)c1ccc2c(c1)CCN(CCC1CCC(NC(=O)/C=C/c3csc4ccccc34)CC1)CC2. The van der Waals surface area contributed by atoms with Gasteiger partial charge in [-0.2, -0.15) is 0 Å². The van der Waals surface area contributed by atoms with E-state index in [4.69, 9.17) is 0 Å². The van der Waals surface area contributed by atoms with E-state index >= 15 is 0 Å². The van der Waals surface area contributed by atoms with Crippen molar-refractivity contribution in [1.29, 1.82) is 0 Å². The Morgan fingerprint density at radius 2 is 1.81 bits per heavy atom. The zero-order chi connectivity index (χ0) is 24.9. The smallest absolute Gasteiger partial charge is 0.244 e. The number of hydrogen-bond donors (Lipinski definition) is 1. The van der Waals surface area contributed by atoms with Crippen molar-refractivity contribution in [2.24, 2.45) is 5.92 Å². The normalized spacial score (nSPS) is 20.8. The van der Waals surface area contributed by atoms with Crippen molar-refractivity contribution in [1.82, 2.24) is 10.2 Å². The van der Waals surface area contributed by atoms with Crippen LogP contribution in [0.25, 0.3) is 16.2 Å². The molecule has 1 amide bonds. The van der Waals surface area contributed by atoms with Gasteiger partial charge in [-0.25, -0.2) is 0 Å². The van der Waals surface area contributed by atoms with Crippen molar-refractivity contribution in [2.45, 2.75) is 57.9 Å². The second kappa shape index (κ2) is 11.5. The molecule has 0 unspecified atom stereocenters.